The highest BCUT2D eigenvalue weighted by Gasteiger charge is 2.30. The normalized spacial score (nSPS) is 11.5. The number of aromatic nitrogens is 3. The first kappa shape index (κ1) is 16.5. The van der Waals surface area contributed by atoms with Gasteiger partial charge in [0.25, 0.3) is 5.91 Å². The van der Waals surface area contributed by atoms with Crippen LogP contribution in [-0.2, 0) is 6.18 Å². The summed E-state index contributed by atoms with van der Waals surface area (Å²) in [7, 11) is 0. The molecule has 0 aliphatic heterocycles. The second-order valence-corrected chi connectivity index (χ2v) is 6.54. The van der Waals surface area contributed by atoms with Crippen molar-refractivity contribution in [3.63, 3.8) is 0 Å². The summed E-state index contributed by atoms with van der Waals surface area (Å²) >= 11 is 2.29. The maximum atomic E-state index is 12.6. The Kier molecular flexibility index (Phi) is 4.33. The fourth-order valence-corrected chi connectivity index (χ4v) is 3.32. The summed E-state index contributed by atoms with van der Waals surface area (Å²) in [5, 5.41) is 10.8. The number of nitrogens with zero attached hydrogens (tertiary/aromatic N) is 3. The van der Waals surface area contributed by atoms with Crippen molar-refractivity contribution < 1.29 is 18.0 Å². The second-order valence-electron chi connectivity index (χ2n) is 4.71. The number of carbonyl (C=O) groups is 1. The molecule has 2 heterocycles. The lowest BCUT2D eigenvalue weighted by Crippen LogP contribution is -2.11. The average Bonchev–Trinajstić information content (AvgIpc) is 3.16. The SMILES string of the molecule is Cc1nc(-c2ccc(C(F)(F)F)cc2)sc1C(=O)Nc1nncs1. The van der Waals surface area contributed by atoms with E-state index in [9.17, 15) is 18.0 Å². The molecule has 0 fully saturated rings. The molecule has 3 rings (SSSR count). The van der Waals surface area contributed by atoms with Crippen molar-refractivity contribution in [3.8, 4) is 10.6 Å². The molecule has 10 heteroatoms. The minimum Gasteiger partial charge on any atom is -0.296 e. The van der Waals surface area contributed by atoms with Crippen molar-refractivity contribution in [2.24, 2.45) is 0 Å². The van der Waals surface area contributed by atoms with Crippen molar-refractivity contribution in [1.29, 1.82) is 0 Å². The number of halogens is 3. The Balaban J connectivity index is 1.84. The van der Waals surface area contributed by atoms with Gasteiger partial charge in [0, 0.05) is 5.56 Å². The lowest BCUT2D eigenvalue weighted by atomic mass is 10.1. The molecule has 3 aromatic rings. The quantitative estimate of drug-likeness (QED) is 0.749. The summed E-state index contributed by atoms with van der Waals surface area (Å²) in [5.41, 5.74) is 1.78. The zero-order valence-corrected chi connectivity index (χ0v) is 13.7. The number of benzene rings is 1. The lowest BCUT2D eigenvalue weighted by molar-refractivity contribution is -0.137. The summed E-state index contributed by atoms with van der Waals surface area (Å²) in [6.45, 7) is 1.67. The third kappa shape index (κ3) is 3.44. The predicted molar refractivity (Wildman–Crippen MR) is 85.2 cm³/mol. The molecular formula is C14H9F3N4OS2. The zero-order chi connectivity index (χ0) is 17.3. The van der Waals surface area contributed by atoms with Crippen LogP contribution in [0.2, 0.25) is 0 Å². The molecule has 5 nitrogen and oxygen atoms in total. The van der Waals surface area contributed by atoms with Crippen LogP contribution in [0.1, 0.15) is 20.9 Å². The number of hydrogen-bond acceptors (Lipinski definition) is 6. The van der Waals surface area contributed by atoms with Crippen molar-refractivity contribution in [2.45, 2.75) is 13.1 Å². The Morgan fingerprint density at radius 3 is 2.50 bits per heavy atom. The van der Waals surface area contributed by atoms with E-state index in [-0.39, 0.29) is 5.91 Å². The van der Waals surface area contributed by atoms with Crippen LogP contribution < -0.4 is 5.32 Å². The monoisotopic (exact) mass is 370 g/mol. The summed E-state index contributed by atoms with van der Waals surface area (Å²) in [6, 6.07) is 4.67. The van der Waals surface area contributed by atoms with Crippen molar-refractivity contribution in [3.05, 3.63) is 45.9 Å². The third-order valence-corrected chi connectivity index (χ3v) is 4.85. The van der Waals surface area contributed by atoms with Gasteiger partial charge in [0.05, 0.1) is 11.3 Å². The van der Waals surface area contributed by atoms with Gasteiger partial charge in [0.1, 0.15) is 15.4 Å². The van der Waals surface area contributed by atoms with Crippen LogP contribution >= 0.6 is 22.7 Å². The second kappa shape index (κ2) is 6.29. The number of nitrogens with one attached hydrogen (secondary N) is 1. The first-order valence-corrected chi connectivity index (χ1v) is 8.27. The number of alkyl halides is 3. The van der Waals surface area contributed by atoms with E-state index in [4.69, 9.17) is 0 Å². The van der Waals surface area contributed by atoms with Gasteiger partial charge in [-0.25, -0.2) is 4.98 Å². The van der Waals surface area contributed by atoms with E-state index in [0.717, 1.165) is 23.5 Å². The number of hydrogen-bond donors (Lipinski definition) is 1. The molecule has 0 atom stereocenters. The molecule has 1 N–H and O–H groups in total. The molecule has 0 spiro atoms. The maximum Gasteiger partial charge on any atom is 0.416 e. The zero-order valence-electron chi connectivity index (χ0n) is 12.1. The Morgan fingerprint density at radius 1 is 1.21 bits per heavy atom. The molecule has 0 saturated carbocycles. The lowest BCUT2D eigenvalue weighted by Gasteiger charge is -2.06. The van der Waals surface area contributed by atoms with E-state index >= 15 is 0 Å². The molecule has 1 amide bonds. The van der Waals surface area contributed by atoms with Gasteiger partial charge in [-0.05, 0) is 19.1 Å². The van der Waals surface area contributed by atoms with Gasteiger partial charge in [-0.15, -0.1) is 21.5 Å². The topological polar surface area (TPSA) is 67.8 Å². The highest BCUT2D eigenvalue weighted by Crippen LogP contribution is 2.33. The van der Waals surface area contributed by atoms with Crippen LogP contribution in [0, 0.1) is 6.92 Å². The standard InChI is InChI=1S/C14H9F3N4OS2/c1-7-10(11(22)20-13-21-18-6-23-13)24-12(19-7)8-2-4-9(5-3-8)14(15,16)17/h2-6H,1H3,(H,20,21,22). The van der Waals surface area contributed by atoms with Gasteiger partial charge in [0.2, 0.25) is 5.13 Å². The third-order valence-electron chi connectivity index (χ3n) is 3.04. The van der Waals surface area contributed by atoms with Crippen LogP contribution in [0.5, 0.6) is 0 Å². The molecule has 0 unspecified atom stereocenters. The van der Waals surface area contributed by atoms with Crippen molar-refractivity contribution in [2.75, 3.05) is 5.32 Å². The van der Waals surface area contributed by atoms with Crippen LogP contribution in [0.3, 0.4) is 0 Å². The highest BCUT2D eigenvalue weighted by molar-refractivity contribution is 7.17. The van der Waals surface area contributed by atoms with Gasteiger partial charge in [-0.1, -0.05) is 23.5 Å². The van der Waals surface area contributed by atoms with E-state index in [2.05, 4.69) is 20.5 Å². The smallest absolute Gasteiger partial charge is 0.296 e. The number of anilines is 1. The molecule has 0 saturated heterocycles. The summed E-state index contributed by atoms with van der Waals surface area (Å²) in [5.74, 6) is -0.375. The van der Waals surface area contributed by atoms with Crippen LogP contribution in [0.4, 0.5) is 18.3 Å². The van der Waals surface area contributed by atoms with E-state index in [1.807, 2.05) is 0 Å². The van der Waals surface area contributed by atoms with Crippen LogP contribution in [0.15, 0.2) is 29.8 Å². The van der Waals surface area contributed by atoms with E-state index in [1.165, 1.54) is 29.0 Å². The number of carbonyl (C=O) groups excluding carboxylic acids is 1. The highest BCUT2D eigenvalue weighted by atomic mass is 32.1. The minimum absolute atomic E-state index is 0.365. The molecule has 0 aliphatic rings. The summed E-state index contributed by atoms with van der Waals surface area (Å²) < 4.78 is 37.8. The Labute approximate surface area is 142 Å². The fourth-order valence-electron chi connectivity index (χ4n) is 1.91. The van der Waals surface area contributed by atoms with E-state index in [1.54, 1.807) is 6.92 Å². The first-order chi connectivity index (χ1) is 11.3. The van der Waals surface area contributed by atoms with Gasteiger partial charge in [-0.3, -0.25) is 10.1 Å². The molecular weight excluding hydrogens is 361 g/mol. The Hall–Kier alpha value is -2.33. The molecule has 2 aromatic heterocycles. The van der Waals surface area contributed by atoms with Crippen molar-refractivity contribution in [1.82, 2.24) is 15.2 Å². The Morgan fingerprint density at radius 2 is 1.92 bits per heavy atom. The minimum atomic E-state index is -4.38. The van der Waals surface area contributed by atoms with Gasteiger partial charge >= 0.3 is 6.18 Å². The number of thiazole rings is 1. The number of aryl methyl sites for hydroxylation is 1. The van der Waals surface area contributed by atoms with Gasteiger partial charge in [0.15, 0.2) is 0 Å². The molecule has 0 bridgehead atoms. The van der Waals surface area contributed by atoms with Gasteiger partial charge < -0.3 is 0 Å². The first-order valence-electron chi connectivity index (χ1n) is 6.57. The molecule has 0 aliphatic carbocycles. The number of rotatable bonds is 3. The summed E-state index contributed by atoms with van der Waals surface area (Å²) in [6.07, 6.45) is -4.38. The average molecular weight is 370 g/mol. The van der Waals surface area contributed by atoms with Crippen molar-refractivity contribution >= 4 is 33.7 Å². The van der Waals surface area contributed by atoms with E-state index < -0.39 is 11.7 Å². The molecule has 1 aromatic carbocycles. The Bertz CT molecular complexity index is 857. The molecule has 0 radical (unpaired) electrons. The molecule has 24 heavy (non-hydrogen) atoms. The molecule has 124 valence electrons. The summed E-state index contributed by atoms with van der Waals surface area (Å²) in [4.78, 5) is 16.9. The fraction of sp³-hybridized carbons (Fsp3) is 0.143. The number of amides is 1. The largest absolute Gasteiger partial charge is 0.416 e. The van der Waals surface area contributed by atoms with Crippen LogP contribution in [0.25, 0.3) is 10.6 Å². The maximum absolute atomic E-state index is 12.6. The van der Waals surface area contributed by atoms with Crippen LogP contribution in [-0.4, -0.2) is 21.1 Å². The predicted octanol–water partition coefficient (Wildman–Crippen LogP) is 4.24. The van der Waals surface area contributed by atoms with E-state index in [0.29, 0.717) is 26.3 Å². The van der Waals surface area contributed by atoms with Gasteiger partial charge in [-0.2, -0.15) is 13.2 Å².